The highest BCUT2D eigenvalue weighted by atomic mass is 79.9. The number of aromatic amines is 1. The Morgan fingerprint density at radius 1 is 1.47 bits per heavy atom. The molecule has 1 aliphatic rings. The van der Waals surface area contributed by atoms with Crippen molar-refractivity contribution in [3.05, 3.63) is 34.2 Å². The van der Waals surface area contributed by atoms with Gasteiger partial charge in [0.1, 0.15) is 0 Å². The van der Waals surface area contributed by atoms with Crippen LogP contribution in [-0.2, 0) is 0 Å². The molecule has 0 radical (unpaired) electrons. The number of H-pyrrole nitrogens is 1. The first kappa shape index (κ1) is 12.4. The SMILES string of the molecule is O=C(NCC1CCCC1Br)c1ccc(=O)[nH]c1. The number of hydrogen-bond acceptors (Lipinski definition) is 2. The van der Waals surface area contributed by atoms with Gasteiger partial charge in [-0.15, -0.1) is 0 Å². The summed E-state index contributed by atoms with van der Waals surface area (Å²) in [5, 5.41) is 2.90. The highest BCUT2D eigenvalue weighted by Gasteiger charge is 2.25. The number of hydrogen-bond donors (Lipinski definition) is 2. The lowest BCUT2D eigenvalue weighted by atomic mass is 10.1. The van der Waals surface area contributed by atoms with Gasteiger partial charge in [-0.25, -0.2) is 0 Å². The first-order valence-corrected chi connectivity index (χ1v) is 6.69. The number of carbonyl (C=O) groups excluding carboxylic acids is 1. The van der Waals surface area contributed by atoms with Crippen LogP contribution in [0.25, 0.3) is 0 Å². The van der Waals surface area contributed by atoms with Crippen molar-refractivity contribution in [2.24, 2.45) is 5.92 Å². The first-order chi connectivity index (χ1) is 8.16. The predicted molar refractivity (Wildman–Crippen MR) is 69.5 cm³/mol. The van der Waals surface area contributed by atoms with E-state index in [4.69, 9.17) is 0 Å². The van der Waals surface area contributed by atoms with Gasteiger partial charge < -0.3 is 10.3 Å². The molecule has 1 aromatic rings. The minimum absolute atomic E-state index is 0.132. The minimum atomic E-state index is -0.196. The third-order valence-corrected chi connectivity index (χ3v) is 4.34. The lowest BCUT2D eigenvalue weighted by Gasteiger charge is -2.14. The number of carbonyl (C=O) groups is 1. The maximum atomic E-state index is 11.8. The summed E-state index contributed by atoms with van der Waals surface area (Å²) in [5.74, 6) is 0.384. The topological polar surface area (TPSA) is 62.0 Å². The Labute approximate surface area is 108 Å². The van der Waals surface area contributed by atoms with E-state index in [1.165, 1.54) is 31.2 Å². The van der Waals surface area contributed by atoms with Crippen LogP contribution in [0.5, 0.6) is 0 Å². The maximum absolute atomic E-state index is 11.8. The molecule has 1 heterocycles. The number of nitrogens with one attached hydrogen (secondary N) is 2. The zero-order valence-electron chi connectivity index (χ0n) is 9.41. The average molecular weight is 299 g/mol. The van der Waals surface area contributed by atoms with Gasteiger partial charge in [0.2, 0.25) is 5.56 Å². The number of alkyl halides is 1. The Hall–Kier alpha value is -1.10. The summed E-state index contributed by atoms with van der Waals surface area (Å²) in [4.78, 5) is 25.6. The fourth-order valence-corrected chi connectivity index (χ4v) is 2.87. The van der Waals surface area contributed by atoms with Gasteiger partial charge in [-0.3, -0.25) is 9.59 Å². The van der Waals surface area contributed by atoms with E-state index in [1.807, 2.05) is 0 Å². The second kappa shape index (κ2) is 5.49. The molecule has 0 spiro atoms. The summed E-state index contributed by atoms with van der Waals surface area (Å²) in [6.45, 7) is 0.688. The van der Waals surface area contributed by atoms with Crippen LogP contribution >= 0.6 is 15.9 Å². The highest BCUT2D eigenvalue weighted by molar-refractivity contribution is 9.09. The van der Waals surface area contributed by atoms with Crippen molar-refractivity contribution in [1.29, 1.82) is 0 Å². The molecule has 2 rings (SSSR count). The summed E-state index contributed by atoms with van der Waals surface area (Å²) in [6, 6.07) is 2.90. The molecule has 5 heteroatoms. The normalized spacial score (nSPS) is 23.6. The van der Waals surface area contributed by atoms with Crippen LogP contribution in [-0.4, -0.2) is 22.3 Å². The number of aromatic nitrogens is 1. The van der Waals surface area contributed by atoms with E-state index in [0.29, 0.717) is 22.9 Å². The lowest BCUT2D eigenvalue weighted by molar-refractivity contribution is 0.0947. The van der Waals surface area contributed by atoms with Gasteiger partial charge in [0.15, 0.2) is 0 Å². The summed E-state index contributed by atoms with van der Waals surface area (Å²) >= 11 is 3.62. The zero-order valence-corrected chi connectivity index (χ0v) is 11.0. The van der Waals surface area contributed by atoms with Crippen molar-refractivity contribution in [3.63, 3.8) is 0 Å². The van der Waals surface area contributed by atoms with Gasteiger partial charge in [-0.05, 0) is 24.8 Å². The molecule has 0 saturated heterocycles. The van der Waals surface area contributed by atoms with E-state index in [0.717, 1.165) is 6.42 Å². The van der Waals surface area contributed by atoms with Crippen LogP contribution in [0.4, 0.5) is 0 Å². The van der Waals surface area contributed by atoms with Crippen LogP contribution in [0.1, 0.15) is 29.6 Å². The fourth-order valence-electron chi connectivity index (χ4n) is 2.10. The molecule has 2 unspecified atom stereocenters. The Morgan fingerprint density at radius 2 is 2.29 bits per heavy atom. The number of halogens is 1. The van der Waals surface area contributed by atoms with E-state index in [-0.39, 0.29) is 11.5 Å². The van der Waals surface area contributed by atoms with Crippen LogP contribution < -0.4 is 10.9 Å². The van der Waals surface area contributed by atoms with Gasteiger partial charge in [-0.1, -0.05) is 22.4 Å². The van der Waals surface area contributed by atoms with E-state index >= 15 is 0 Å². The van der Waals surface area contributed by atoms with Crippen molar-refractivity contribution in [2.75, 3.05) is 6.54 Å². The fraction of sp³-hybridized carbons (Fsp3) is 0.500. The molecule has 17 heavy (non-hydrogen) atoms. The van der Waals surface area contributed by atoms with E-state index < -0.39 is 0 Å². The molecule has 2 atom stereocenters. The molecule has 1 amide bonds. The molecule has 92 valence electrons. The zero-order chi connectivity index (χ0) is 12.3. The molecule has 0 bridgehead atoms. The van der Waals surface area contributed by atoms with Crippen LogP contribution in [0.3, 0.4) is 0 Å². The van der Waals surface area contributed by atoms with Gasteiger partial charge in [0, 0.05) is 23.6 Å². The lowest BCUT2D eigenvalue weighted by Crippen LogP contribution is -2.31. The Kier molecular flexibility index (Phi) is 3.99. The molecule has 1 fully saturated rings. The molecular formula is C12H15BrN2O2. The molecule has 2 N–H and O–H groups in total. The van der Waals surface area contributed by atoms with Crippen LogP contribution in [0.2, 0.25) is 0 Å². The van der Waals surface area contributed by atoms with Crippen LogP contribution in [0, 0.1) is 5.92 Å². The third kappa shape index (κ3) is 3.19. The molecule has 0 aliphatic heterocycles. The quantitative estimate of drug-likeness (QED) is 0.834. The number of amides is 1. The smallest absolute Gasteiger partial charge is 0.252 e. The number of pyridine rings is 1. The predicted octanol–water partition coefficient (Wildman–Crippen LogP) is 1.67. The average Bonchev–Trinajstić information content (AvgIpc) is 2.73. The van der Waals surface area contributed by atoms with Crippen molar-refractivity contribution in [3.8, 4) is 0 Å². The van der Waals surface area contributed by atoms with Crippen LogP contribution in [0.15, 0.2) is 23.1 Å². The molecule has 1 saturated carbocycles. The monoisotopic (exact) mass is 298 g/mol. The van der Waals surface area contributed by atoms with E-state index in [2.05, 4.69) is 26.2 Å². The second-order valence-corrected chi connectivity index (χ2v) is 5.53. The van der Waals surface area contributed by atoms with Gasteiger partial charge in [0.05, 0.1) is 5.56 Å². The van der Waals surface area contributed by atoms with Gasteiger partial charge in [0.25, 0.3) is 5.91 Å². The number of rotatable bonds is 3. The third-order valence-electron chi connectivity index (χ3n) is 3.14. The Morgan fingerprint density at radius 3 is 2.88 bits per heavy atom. The summed E-state index contributed by atoms with van der Waals surface area (Å²) in [5.41, 5.74) is 0.298. The molecule has 1 aliphatic carbocycles. The minimum Gasteiger partial charge on any atom is -0.352 e. The van der Waals surface area contributed by atoms with Gasteiger partial charge >= 0.3 is 0 Å². The molecule has 0 aromatic carbocycles. The molecular weight excluding hydrogens is 284 g/mol. The Bertz CT molecular complexity index is 438. The summed E-state index contributed by atoms with van der Waals surface area (Å²) < 4.78 is 0. The van der Waals surface area contributed by atoms with Crippen molar-refractivity contribution in [2.45, 2.75) is 24.1 Å². The highest BCUT2D eigenvalue weighted by Crippen LogP contribution is 2.30. The van der Waals surface area contributed by atoms with E-state index in [9.17, 15) is 9.59 Å². The standard InChI is InChI=1S/C12H15BrN2O2/c13-10-3-1-2-8(10)6-15-12(17)9-4-5-11(16)14-7-9/h4-5,7-8,10H,1-3,6H2,(H,14,16)(H,15,17). The van der Waals surface area contributed by atoms with Crippen molar-refractivity contribution < 1.29 is 4.79 Å². The molecule has 4 nitrogen and oxygen atoms in total. The molecule has 1 aromatic heterocycles. The maximum Gasteiger partial charge on any atom is 0.252 e. The van der Waals surface area contributed by atoms with Crippen molar-refractivity contribution in [1.82, 2.24) is 10.3 Å². The second-order valence-electron chi connectivity index (χ2n) is 4.36. The van der Waals surface area contributed by atoms with Gasteiger partial charge in [-0.2, -0.15) is 0 Å². The van der Waals surface area contributed by atoms with Crippen molar-refractivity contribution >= 4 is 21.8 Å². The largest absolute Gasteiger partial charge is 0.352 e. The first-order valence-electron chi connectivity index (χ1n) is 5.78. The van der Waals surface area contributed by atoms with E-state index in [1.54, 1.807) is 0 Å². The Balaban J connectivity index is 1.89. The summed E-state index contributed by atoms with van der Waals surface area (Å²) in [7, 11) is 0. The summed E-state index contributed by atoms with van der Waals surface area (Å²) in [6.07, 6.45) is 4.99.